The maximum atomic E-state index is 10.9. The highest BCUT2D eigenvalue weighted by molar-refractivity contribution is 7.98. The first-order valence-electron chi connectivity index (χ1n) is 3.94. The van der Waals surface area contributed by atoms with Gasteiger partial charge >= 0.3 is 5.97 Å². The zero-order valence-corrected chi connectivity index (χ0v) is 8.26. The molecule has 1 aromatic carbocycles. The van der Waals surface area contributed by atoms with Crippen molar-refractivity contribution in [2.24, 2.45) is 0 Å². The number of aromatic carboxylic acids is 1. The van der Waals surface area contributed by atoms with Gasteiger partial charge in [-0.3, -0.25) is 0 Å². The van der Waals surface area contributed by atoms with Crippen LogP contribution in [-0.2, 0) is 0 Å². The predicted molar refractivity (Wildman–Crippen MR) is 51.3 cm³/mol. The van der Waals surface area contributed by atoms with Crippen molar-refractivity contribution in [2.45, 2.75) is 4.90 Å². The summed E-state index contributed by atoms with van der Waals surface area (Å²) in [5.74, 6) is 0.199. The van der Waals surface area contributed by atoms with Gasteiger partial charge in [0.15, 0.2) is 11.5 Å². The molecule has 74 valence electrons. The number of benzene rings is 1. The van der Waals surface area contributed by atoms with Crippen LogP contribution in [0.4, 0.5) is 0 Å². The number of hydrogen-bond acceptors (Lipinski definition) is 4. The lowest BCUT2D eigenvalue weighted by Gasteiger charge is -2.05. The first-order chi connectivity index (χ1) is 6.74. The van der Waals surface area contributed by atoms with Crippen LogP contribution in [0.5, 0.6) is 11.5 Å². The van der Waals surface area contributed by atoms with E-state index in [2.05, 4.69) is 0 Å². The summed E-state index contributed by atoms with van der Waals surface area (Å²) in [6, 6.07) is 3.15. The van der Waals surface area contributed by atoms with E-state index in [0.717, 1.165) is 0 Å². The molecule has 0 unspecified atom stereocenters. The highest BCUT2D eigenvalue weighted by atomic mass is 32.2. The van der Waals surface area contributed by atoms with E-state index in [4.69, 9.17) is 14.6 Å². The van der Waals surface area contributed by atoms with E-state index in [1.54, 1.807) is 6.07 Å². The molecule has 0 amide bonds. The molecule has 0 atom stereocenters. The van der Waals surface area contributed by atoms with Gasteiger partial charge in [-0.1, -0.05) is 0 Å². The van der Waals surface area contributed by atoms with Crippen molar-refractivity contribution >= 4 is 17.7 Å². The van der Waals surface area contributed by atoms with Crippen molar-refractivity contribution in [3.63, 3.8) is 0 Å². The Morgan fingerprint density at radius 1 is 1.50 bits per heavy atom. The average Bonchev–Trinajstić information content (AvgIpc) is 2.63. The molecule has 5 heteroatoms. The van der Waals surface area contributed by atoms with Gasteiger partial charge in [-0.05, 0) is 18.4 Å². The van der Waals surface area contributed by atoms with Crippen LogP contribution >= 0.6 is 11.8 Å². The second-order valence-corrected chi connectivity index (χ2v) is 3.50. The topological polar surface area (TPSA) is 55.8 Å². The number of thioether (sulfide) groups is 1. The van der Waals surface area contributed by atoms with E-state index in [0.29, 0.717) is 16.4 Å². The maximum Gasteiger partial charge on any atom is 0.336 e. The SMILES string of the molecule is CSc1c(C(=O)O)ccc2c1OCO2. The Labute approximate surface area is 84.8 Å². The zero-order valence-electron chi connectivity index (χ0n) is 7.44. The molecule has 2 rings (SSSR count). The fraction of sp³-hybridized carbons (Fsp3) is 0.222. The summed E-state index contributed by atoms with van der Waals surface area (Å²) in [7, 11) is 0. The Hall–Kier alpha value is -1.36. The van der Waals surface area contributed by atoms with Crippen LogP contribution in [0.15, 0.2) is 17.0 Å². The van der Waals surface area contributed by atoms with Crippen molar-refractivity contribution in [1.29, 1.82) is 0 Å². The largest absolute Gasteiger partial charge is 0.478 e. The van der Waals surface area contributed by atoms with Crippen molar-refractivity contribution in [1.82, 2.24) is 0 Å². The average molecular weight is 212 g/mol. The summed E-state index contributed by atoms with van der Waals surface area (Å²) in [5.41, 5.74) is 0.252. The molecule has 0 aromatic heterocycles. The van der Waals surface area contributed by atoms with Crippen LogP contribution in [0.1, 0.15) is 10.4 Å². The van der Waals surface area contributed by atoms with Gasteiger partial charge in [0.05, 0.1) is 10.5 Å². The van der Waals surface area contributed by atoms with E-state index in [1.165, 1.54) is 17.8 Å². The number of hydrogen-bond donors (Lipinski definition) is 1. The first kappa shape index (κ1) is 9.21. The highest BCUT2D eigenvalue weighted by Gasteiger charge is 2.22. The molecule has 1 heterocycles. The molecule has 1 aliphatic heterocycles. The molecular weight excluding hydrogens is 204 g/mol. The van der Waals surface area contributed by atoms with E-state index >= 15 is 0 Å². The van der Waals surface area contributed by atoms with Gasteiger partial charge in [0.2, 0.25) is 6.79 Å². The Bertz CT molecular complexity index is 389. The summed E-state index contributed by atoms with van der Waals surface area (Å²) >= 11 is 1.34. The van der Waals surface area contributed by atoms with E-state index in [-0.39, 0.29) is 12.4 Å². The molecule has 0 saturated carbocycles. The van der Waals surface area contributed by atoms with Crippen LogP contribution in [-0.4, -0.2) is 24.1 Å². The molecule has 0 aliphatic carbocycles. The van der Waals surface area contributed by atoms with Crippen molar-refractivity contribution in [3.05, 3.63) is 17.7 Å². The van der Waals surface area contributed by atoms with Gasteiger partial charge in [0.25, 0.3) is 0 Å². The molecule has 1 N–H and O–H groups in total. The minimum absolute atomic E-state index is 0.159. The van der Waals surface area contributed by atoms with Gasteiger partial charge in [-0.15, -0.1) is 11.8 Å². The number of carbonyl (C=O) groups is 1. The number of fused-ring (bicyclic) bond motifs is 1. The zero-order chi connectivity index (χ0) is 10.1. The normalized spacial score (nSPS) is 12.9. The number of carboxylic acids is 1. The first-order valence-corrected chi connectivity index (χ1v) is 5.16. The molecule has 0 fully saturated rings. The minimum Gasteiger partial charge on any atom is -0.478 e. The Balaban J connectivity index is 2.59. The van der Waals surface area contributed by atoms with E-state index in [1.807, 2.05) is 6.26 Å². The number of ether oxygens (including phenoxy) is 2. The molecule has 14 heavy (non-hydrogen) atoms. The summed E-state index contributed by atoms with van der Waals surface area (Å²) < 4.78 is 10.4. The van der Waals surface area contributed by atoms with Crippen LogP contribution in [0.2, 0.25) is 0 Å². The van der Waals surface area contributed by atoms with Gasteiger partial charge in [-0.25, -0.2) is 4.79 Å². The van der Waals surface area contributed by atoms with Gasteiger partial charge in [-0.2, -0.15) is 0 Å². The molecular formula is C9H8O4S. The Morgan fingerprint density at radius 2 is 2.29 bits per heavy atom. The number of rotatable bonds is 2. The van der Waals surface area contributed by atoms with Crippen LogP contribution in [0, 0.1) is 0 Å². The Morgan fingerprint density at radius 3 is 2.93 bits per heavy atom. The third kappa shape index (κ3) is 1.29. The monoisotopic (exact) mass is 212 g/mol. The molecule has 1 aromatic rings. The molecule has 0 bridgehead atoms. The lowest BCUT2D eigenvalue weighted by Crippen LogP contribution is -1.99. The van der Waals surface area contributed by atoms with Crippen molar-refractivity contribution < 1.29 is 19.4 Å². The summed E-state index contributed by atoms with van der Waals surface area (Å²) in [6.07, 6.45) is 1.81. The summed E-state index contributed by atoms with van der Waals surface area (Å²) in [4.78, 5) is 11.5. The predicted octanol–water partition coefficient (Wildman–Crippen LogP) is 1.84. The summed E-state index contributed by atoms with van der Waals surface area (Å²) in [5, 5.41) is 8.92. The lowest BCUT2D eigenvalue weighted by atomic mass is 10.2. The standard InChI is InChI=1S/C9H8O4S/c1-14-8-5(9(10)11)2-3-6-7(8)13-4-12-6/h2-3H,4H2,1H3,(H,10,11). The third-order valence-electron chi connectivity index (χ3n) is 1.93. The van der Waals surface area contributed by atoms with Gasteiger partial charge in [0, 0.05) is 0 Å². The van der Waals surface area contributed by atoms with Crippen LogP contribution in [0.25, 0.3) is 0 Å². The highest BCUT2D eigenvalue weighted by Crippen LogP contribution is 2.42. The van der Waals surface area contributed by atoms with Crippen LogP contribution < -0.4 is 9.47 Å². The molecule has 0 spiro atoms. The van der Waals surface area contributed by atoms with E-state index in [9.17, 15) is 4.79 Å². The Kier molecular flexibility index (Phi) is 2.25. The second-order valence-electron chi connectivity index (χ2n) is 2.69. The second kappa shape index (κ2) is 3.42. The van der Waals surface area contributed by atoms with Gasteiger partial charge in [0.1, 0.15) is 0 Å². The van der Waals surface area contributed by atoms with Gasteiger partial charge < -0.3 is 14.6 Å². The third-order valence-corrected chi connectivity index (χ3v) is 2.74. The number of carboxylic acid groups (broad SMARTS) is 1. The van der Waals surface area contributed by atoms with E-state index < -0.39 is 5.97 Å². The quantitative estimate of drug-likeness (QED) is 0.758. The fourth-order valence-corrected chi connectivity index (χ4v) is 2.04. The lowest BCUT2D eigenvalue weighted by molar-refractivity contribution is 0.0692. The molecule has 0 radical (unpaired) electrons. The molecule has 0 saturated heterocycles. The minimum atomic E-state index is -0.951. The van der Waals surface area contributed by atoms with Crippen LogP contribution in [0.3, 0.4) is 0 Å². The smallest absolute Gasteiger partial charge is 0.336 e. The maximum absolute atomic E-state index is 10.9. The fourth-order valence-electron chi connectivity index (χ4n) is 1.32. The summed E-state index contributed by atoms with van der Waals surface area (Å²) in [6.45, 7) is 0.159. The van der Waals surface area contributed by atoms with Crippen molar-refractivity contribution in [3.8, 4) is 11.5 Å². The van der Waals surface area contributed by atoms with Crippen molar-refractivity contribution in [2.75, 3.05) is 13.0 Å². The molecule has 4 nitrogen and oxygen atoms in total. The molecule has 1 aliphatic rings.